The van der Waals surface area contributed by atoms with Gasteiger partial charge in [0.2, 0.25) is 0 Å². The summed E-state index contributed by atoms with van der Waals surface area (Å²) < 4.78 is 13.5. The monoisotopic (exact) mass is 299 g/mol. The second-order valence-corrected chi connectivity index (χ2v) is 3.50. The highest BCUT2D eigenvalue weighted by Gasteiger charge is 2.07. The highest BCUT2D eigenvalue weighted by molar-refractivity contribution is 14.1. The van der Waals surface area contributed by atoms with Gasteiger partial charge in [-0.25, -0.2) is 4.39 Å². The summed E-state index contributed by atoms with van der Waals surface area (Å²) in [6.45, 7) is 0. The van der Waals surface area contributed by atoms with Crippen LogP contribution in [0.4, 0.5) is 14.9 Å². The van der Waals surface area contributed by atoms with E-state index in [0.717, 1.165) is 0 Å². The Hall–Kier alpha value is -0.360. The van der Waals surface area contributed by atoms with Crippen molar-refractivity contribution in [3.05, 3.63) is 27.6 Å². The van der Waals surface area contributed by atoms with Crippen molar-refractivity contribution in [1.29, 1.82) is 0 Å². The van der Waals surface area contributed by atoms with Crippen LogP contribution >= 0.6 is 34.2 Å². The molecule has 1 aromatic carbocycles. The van der Waals surface area contributed by atoms with E-state index in [4.69, 9.17) is 11.6 Å². The van der Waals surface area contributed by atoms with Crippen molar-refractivity contribution in [2.24, 2.45) is 0 Å². The van der Waals surface area contributed by atoms with Crippen LogP contribution in [-0.2, 0) is 0 Å². The highest BCUT2D eigenvalue weighted by Crippen LogP contribution is 2.21. The Morgan fingerprint density at radius 2 is 2.25 bits per heavy atom. The van der Waals surface area contributed by atoms with Crippen LogP contribution in [0.2, 0.25) is 0 Å². The van der Waals surface area contributed by atoms with Crippen LogP contribution in [-0.4, -0.2) is 5.37 Å². The summed E-state index contributed by atoms with van der Waals surface area (Å²) in [5.74, 6) is -0.490. The zero-order valence-corrected chi connectivity index (χ0v) is 8.69. The summed E-state index contributed by atoms with van der Waals surface area (Å²) in [5.41, 5.74) is 0.123. The SMILES string of the molecule is O=C(Cl)Nc1c(F)cccc1I. The molecule has 0 fully saturated rings. The van der Waals surface area contributed by atoms with E-state index in [0.29, 0.717) is 3.57 Å². The molecule has 1 rings (SSSR count). The molecule has 2 nitrogen and oxygen atoms in total. The van der Waals surface area contributed by atoms with Crippen molar-refractivity contribution in [2.45, 2.75) is 0 Å². The van der Waals surface area contributed by atoms with Crippen molar-refractivity contribution in [1.82, 2.24) is 0 Å². The van der Waals surface area contributed by atoms with Crippen LogP contribution in [0.5, 0.6) is 0 Å². The quantitative estimate of drug-likeness (QED) is 0.481. The number of hydrogen-bond donors (Lipinski definition) is 1. The summed E-state index contributed by atoms with van der Waals surface area (Å²) >= 11 is 6.94. The van der Waals surface area contributed by atoms with Gasteiger partial charge in [-0.1, -0.05) is 6.07 Å². The predicted octanol–water partition coefficient (Wildman–Crippen LogP) is 3.20. The molecular formula is C7H4ClFINO. The van der Waals surface area contributed by atoms with Crippen molar-refractivity contribution in [3.8, 4) is 0 Å². The van der Waals surface area contributed by atoms with Gasteiger partial charge < -0.3 is 5.32 Å². The molecule has 0 aliphatic heterocycles. The first kappa shape index (κ1) is 9.73. The van der Waals surface area contributed by atoms with Gasteiger partial charge in [0.25, 0.3) is 0 Å². The summed E-state index contributed by atoms with van der Waals surface area (Å²) in [6, 6.07) is 4.48. The molecule has 12 heavy (non-hydrogen) atoms. The summed E-state index contributed by atoms with van der Waals surface area (Å²) in [7, 11) is 0. The summed E-state index contributed by atoms with van der Waals surface area (Å²) in [6.07, 6.45) is 0. The minimum atomic E-state index is -0.794. The molecular weight excluding hydrogens is 295 g/mol. The Labute approximate surface area is 87.2 Å². The average Bonchev–Trinajstić information content (AvgIpc) is 1.97. The van der Waals surface area contributed by atoms with E-state index in [-0.39, 0.29) is 5.69 Å². The number of halogens is 3. The lowest BCUT2D eigenvalue weighted by Crippen LogP contribution is -2.04. The van der Waals surface area contributed by atoms with Gasteiger partial charge in [0.15, 0.2) is 0 Å². The van der Waals surface area contributed by atoms with Gasteiger partial charge in [-0.2, -0.15) is 0 Å². The Bertz CT molecular complexity index is 298. The third-order valence-electron chi connectivity index (χ3n) is 1.19. The normalized spacial score (nSPS) is 9.58. The number of carbonyl (C=O) groups is 1. The standard InChI is InChI=1S/C7H4ClFINO/c8-7(12)11-6-4(9)2-1-3-5(6)10/h1-3H,(H,11,12). The fourth-order valence-corrected chi connectivity index (χ4v) is 1.41. The van der Waals surface area contributed by atoms with E-state index in [1.165, 1.54) is 6.07 Å². The van der Waals surface area contributed by atoms with E-state index in [2.05, 4.69) is 5.32 Å². The number of anilines is 1. The maximum Gasteiger partial charge on any atom is 0.318 e. The number of amides is 1. The number of carbonyl (C=O) groups excluding carboxylic acids is 1. The molecule has 5 heteroatoms. The van der Waals surface area contributed by atoms with Crippen molar-refractivity contribution in [3.63, 3.8) is 0 Å². The van der Waals surface area contributed by atoms with E-state index in [1.807, 2.05) is 22.6 Å². The van der Waals surface area contributed by atoms with E-state index in [9.17, 15) is 9.18 Å². The smallest absolute Gasteiger partial charge is 0.309 e. The molecule has 0 aliphatic rings. The Morgan fingerprint density at radius 3 is 2.75 bits per heavy atom. The fraction of sp³-hybridized carbons (Fsp3) is 0. The lowest BCUT2D eigenvalue weighted by molar-refractivity contribution is 0.269. The predicted molar refractivity (Wildman–Crippen MR) is 54.0 cm³/mol. The van der Waals surface area contributed by atoms with Gasteiger partial charge in [0.05, 0.1) is 5.69 Å². The first-order valence-corrected chi connectivity index (χ1v) is 4.47. The van der Waals surface area contributed by atoms with Crippen LogP contribution in [0.25, 0.3) is 0 Å². The molecule has 0 spiro atoms. The van der Waals surface area contributed by atoms with Gasteiger partial charge >= 0.3 is 5.37 Å². The zero-order chi connectivity index (χ0) is 9.14. The molecule has 0 aromatic heterocycles. The molecule has 1 aromatic rings. The van der Waals surface area contributed by atoms with Crippen molar-refractivity contribution < 1.29 is 9.18 Å². The summed E-state index contributed by atoms with van der Waals surface area (Å²) in [5, 5.41) is 1.39. The second kappa shape index (κ2) is 4.04. The Morgan fingerprint density at radius 1 is 1.58 bits per heavy atom. The highest BCUT2D eigenvalue weighted by atomic mass is 127. The number of nitrogens with one attached hydrogen (secondary N) is 1. The maximum absolute atomic E-state index is 12.9. The molecule has 64 valence electrons. The van der Waals surface area contributed by atoms with Gasteiger partial charge in [0.1, 0.15) is 5.82 Å². The van der Waals surface area contributed by atoms with Crippen molar-refractivity contribution >= 4 is 45.2 Å². The second-order valence-electron chi connectivity index (χ2n) is 2.00. The van der Waals surface area contributed by atoms with E-state index >= 15 is 0 Å². The lowest BCUT2D eigenvalue weighted by Gasteiger charge is -2.03. The van der Waals surface area contributed by atoms with E-state index < -0.39 is 11.2 Å². The van der Waals surface area contributed by atoms with Crippen LogP contribution in [0.1, 0.15) is 0 Å². The van der Waals surface area contributed by atoms with Gasteiger partial charge in [-0.15, -0.1) is 0 Å². The molecule has 0 atom stereocenters. The Balaban J connectivity index is 3.04. The largest absolute Gasteiger partial charge is 0.318 e. The number of para-hydroxylation sites is 1. The molecule has 0 aliphatic carbocycles. The fourth-order valence-electron chi connectivity index (χ4n) is 0.716. The van der Waals surface area contributed by atoms with Gasteiger partial charge in [-0.3, -0.25) is 4.79 Å². The zero-order valence-electron chi connectivity index (χ0n) is 5.77. The molecule has 1 amide bonds. The van der Waals surface area contributed by atoms with Crippen LogP contribution in [0.15, 0.2) is 18.2 Å². The summed E-state index contributed by atoms with van der Waals surface area (Å²) in [4.78, 5) is 10.4. The molecule has 1 N–H and O–H groups in total. The van der Waals surface area contributed by atoms with E-state index in [1.54, 1.807) is 12.1 Å². The van der Waals surface area contributed by atoms with Crippen LogP contribution < -0.4 is 5.32 Å². The topological polar surface area (TPSA) is 29.1 Å². The number of benzene rings is 1. The molecule has 0 saturated carbocycles. The first-order valence-electron chi connectivity index (χ1n) is 3.02. The third-order valence-corrected chi connectivity index (χ3v) is 2.18. The maximum atomic E-state index is 12.9. The molecule has 0 heterocycles. The number of hydrogen-bond acceptors (Lipinski definition) is 1. The molecule has 0 unspecified atom stereocenters. The van der Waals surface area contributed by atoms with Gasteiger partial charge in [-0.05, 0) is 46.3 Å². The number of rotatable bonds is 1. The molecule has 0 saturated heterocycles. The molecule has 0 radical (unpaired) electrons. The minimum Gasteiger partial charge on any atom is -0.309 e. The third kappa shape index (κ3) is 2.31. The minimum absolute atomic E-state index is 0.123. The van der Waals surface area contributed by atoms with Crippen LogP contribution in [0, 0.1) is 9.39 Å². The lowest BCUT2D eigenvalue weighted by atomic mass is 10.3. The Kier molecular flexibility index (Phi) is 3.28. The van der Waals surface area contributed by atoms with Gasteiger partial charge in [0, 0.05) is 3.57 Å². The average molecular weight is 299 g/mol. The first-order chi connectivity index (χ1) is 5.61. The van der Waals surface area contributed by atoms with Crippen molar-refractivity contribution in [2.75, 3.05) is 5.32 Å². The van der Waals surface area contributed by atoms with Crippen LogP contribution in [0.3, 0.4) is 0 Å². The molecule has 0 bridgehead atoms.